The molecular formula is C33H40ClFN6O4. The summed E-state index contributed by atoms with van der Waals surface area (Å²) in [6.07, 6.45) is 1.95. The molecule has 12 heteroatoms. The smallest absolute Gasteiger partial charge is 0.245 e. The SMILES string of the molecule is CCC(=O)N[C@H](Cc1ccc(NC(=O)[C@@H](CC(=O)c2ccnn2CC)Cc2cccc(Cl)c2)c(F)c1)C(=O)N1CCN(C)CC1. The fourth-order valence-corrected chi connectivity index (χ4v) is 5.57. The van der Waals surface area contributed by atoms with Crippen LogP contribution in [0.2, 0.25) is 5.02 Å². The molecule has 1 aromatic heterocycles. The van der Waals surface area contributed by atoms with Gasteiger partial charge in [-0.25, -0.2) is 4.39 Å². The highest BCUT2D eigenvalue weighted by atomic mass is 35.5. The molecule has 2 heterocycles. The molecule has 2 N–H and O–H groups in total. The van der Waals surface area contributed by atoms with Crippen LogP contribution in [0.25, 0.3) is 0 Å². The van der Waals surface area contributed by atoms with Gasteiger partial charge in [0.05, 0.1) is 5.69 Å². The maximum absolute atomic E-state index is 15.4. The molecule has 45 heavy (non-hydrogen) atoms. The van der Waals surface area contributed by atoms with E-state index in [-0.39, 0.29) is 49.0 Å². The van der Waals surface area contributed by atoms with E-state index >= 15 is 4.39 Å². The van der Waals surface area contributed by atoms with E-state index in [2.05, 4.69) is 20.6 Å². The Morgan fingerprint density at radius 2 is 1.71 bits per heavy atom. The third kappa shape index (κ3) is 9.21. The number of Topliss-reactive ketones (excluding diaryl/α,β-unsaturated/α-hetero) is 1. The number of piperazine rings is 1. The van der Waals surface area contributed by atoms with Gasteiger partial charge >= 0.3 is 0 Å². The lowest BCUT2D eigenvalue weighted by Gasteiger charge is -2.34. The summed E-state index contributed by atoms with van der Waals surface area (Å²) in [6.45, 7) is 6.63. The predicted molar refractivity (Wildman–Crippen MR) is 171 cm³/mol. The number of ketones is 1. The highest BCUT2D eigenvalue weighted by Crippen LogP contribution is 2.23. The van der Waals surface area contributed by atoms with Crippen LogP contribution in [0, 0.1) is 11.7 Å². The minimum atomic E-state index is -0.842. The quantitative estimate of drug-likeness (QED) is 0.274. The lowest BCUT2D eigenvalue weighted by Crippen LogP contribution is -2.54. The Morgan fingerprint density at radius 1 is 0.978 bits per heavy atom. The van der Waals surface area contributed by atoms with E-state index in [1.807, 2.05) is 20.0 Å². The first kappa shape index (κ1) is 33.8. The van der Waals surface area contributed by atoms with Crippen molar-refractivity contribution in [2.75, 3.05) is 38.5 Å². The molecule has 1 fully saturated rings. The van der Waals surface area contributed by atoms with E-state index < -0.39 is 23.7 Å². The van der Waals surface area contributed by atoms with E-state index in [4.69, 9.17) is 11.6 Å². The van der Waals surface area contributed by atoms with Crippen molar-refractivity contribution in [3.63, 3.8) is 0 Å². The van der Waals surface area contributed by atoms with Crippen molar-refractivity contribution in [3.05, 3.63) is 82.4 Å². The summed E-state index contributed by atoms with van der Waals surface area (Å²) >= 11 is 6.16. The Morgan fingerprint density at radius 3 is 2.38 bits per heavy atom. The van der Waals surface area contributed by atoms with E-state index in [1.54, 1.807) is 46.8 Å². The van der Waals surface area contributed by atoms with Crippen LogP contribution in [0.3, 0.4) is 0 Å². The van der Waals surface area contributed by atoms with Crippen LogP contribution in [-0.2, 0) is 33.8 Å². The largest absolute Gasteiger partial charge is 0.344 e. The molecule has 3 amide bonds. The second kappa shape index (κ2) is 15.8. The summed E-state index contributed by atoms with van der Waals surface area (Å²) in [5.41, 5.74) is 1.60. The Labute approximate surface area is 267 Å². The zero-order valence-corrected chi connectivity index (χ0v) is 26.6. The third-order valence-electron chi connectivity index (χ3n) is 7.98. The van der Waals surface area contributed by atoms with Gasteiger partial charge in [0, 0.05) is 69.1 Å². The van der Waals surface area contributed by atoms with Gasteiger partial charge in [0.2, 0.25) is 17.7 Å². The highest BCUT2D eigenvalue weighted by molar-refractivity contribution is 6.30. The molecule has 10 nitrogen and oxygen atoms in total. The fraction of sp³-hybridized carbons (Fsp3) is 0.424. The number of aryl methyl sites for hydroxylation is 1. The second-order valence-corrected chi connectivity index (χ2v) is 11.7. The van der Waals surface area contributed by atoms with Gasteiger partial charge in [0.1, 0.15) is 17.6 Å². The lowest BCUT2D eigenvalue weighted by molar-refractivity contribution is -0.137. The monoisotopic (exact) mass is 638 g/mol. The van der Waals surface area contributed by atoms with Crippen molar-refractivity contribution in [1.82, 2.24) is 24.9 Å². The lowest BCUT2D eigenvalue weighted by atomic mass is 9.92. The minimum Gasteiger partial charge on any atom is -0.344 e. The predicted octanol–water partition coefficient (Wildman–Crippen LogP) is 3.98. The first-order valence-corrected chi connectivity index (χ1v) is 15.6. The Kier molecular flexibility index (Phi) is 11.8. The molecule has 0 unspecified atom stereocenters. The topological polar surface area (TPSA) is 117 Å². The summed E-state index contributed by atoms with van der Waals surface area (Å²) in [7, 11) is 1.99. The number of carbonyl (C=O) groups excluding carboxylic acids is 4. The average Bonchev–Trinajstić information content (AvgIpc) is 3.51. The minimum absolute atomic E-state index is 0.0505. The number of likely N-dealkylation sites (N-methyl/N-ethyl adjacent to an activating group) is 1. The number of carbonyl (C=O) groups is 4. The second-order valence-electron chi connectivity index (χ2n) is 11.3. The number of nitrogens with one attached hydrogen (secondary N) is 2. The number of benzene rings is 2. The van der Waals surface area contributed by atoms with Gasteiger partial charge in [-0.15, -0.1) is 0 Å². The molecule has 0 aliphatic carbocycles. The van der Waals surface area contributed by atoms with Crippen molar-refractivity contribution in [1.29, 1.82) is 0 Å². The molecule has 2 aromatic carbocycles. The average molecular weight is 639 g/mol. The van der Waals surface area contributed by atoms with E-state index in [0.29, 0.717) is 35.9 Å². The van der Waals surface area contributed by atoms with Gasteiger partial charge in [0.15, 0.2) is 5.78 Å². The summed E-state index contributed by atoms with van der Waals surface area (Å²) in [6, 6.07) is 12.1. The van der Waals surface area contributed by atoms with E-state index in [9.17, 15) is 19.2 Å². The molecule has 4 rings (SSSR count). The molecule has 1 aliphatic heterocycles. The van der Waals surface area contributed by atoms with Crippen LogP contribution in [0.4, 0.5) is 10.1 Å². The number of hydrogen-bond acceptors (Lipinski definition) is 6. The van der Waals surface area contributed by atoms with Gasteiger partial charge in [-0.1, -0.05) is 36.7 Å². The fourth-order valence-electron chi connectivity index (χ4n) is 5.36. The Bertz CT molecular complexity index is 1520. The molecule has 1 aliphatic rings. The molecular weight excluding hydrogens is 599 g/mol. The Hall–Kier alpha value is -4.09. The maximum Gasteiger partial charge on any atom is 0.245 e. The maximum atomic E-state index is 15.4. The summed E-state index contributed by atoms with van der Waals surface area (Å²) in [5, 5.41) is 10.1. The van der Waals surface area contributed by atoms with Gasteiger partial charge in [-0.3, -0.25) is 23.9 Å². The number of nitrogens with zero attached hydrogens (tertiary/aromatic N) is 4. The van der Waals surface area contributed by atoms with Gasteiger partial charge in [-0.05, 0) is 61.9 Å². The van der Waals surface area contributed by atoms with Crippen LogP contribution < -0.4 is 10.6 Å². The van der Waals surface area contributed by atoms with Crippen molar-refractivity contribution >= 4 is 40.8 Å². The van der Waals surface area contributed by atoms with Crippen molar-refractivity contribution in [2.24, 2.45) is 5.92 Å². The van der Waals surface area contributed by atoms with Crippen LogP contribution in [0.15, 0.2) is 54.7 Å². The number of anilines is 1. The van der Waals surface area contributed by atoms with Crippen molar-refractivity contribution < 1.29 is 23.6 Å². The van der Waals surface area contributed by atoms with Gasteiger partial charge in [-0.2, -0.15) is 5.10 Å². The van der Waals surface area contributed by atoms with E-state index in [1.165, 1.54) is 18.3 Å². The zero-order valence-electron chi connectivity index (χ0n) is 25.9. The molecule has 1 saturated heterocycles. The van der Waals surface area contributed by atoms with Gasteiger partial charge < -0.3 is 20.4 Å². The van der Waals surface area contributed by atoms with E-state index in [0.717, 1.165) is 18.7 Å². The number of hydrogen-bond donors (Lipinski definition) is 2. The molecule has 0 bridgehead atoms. The Balaban J connectivity index is 1.50. The van der Waals surface area contributed by atoms with Crippen molar-refractivity contribution in [3.8, 4) is 0 Å². The summed E-state index contributed by atoms with van der Waals surface area (Å²) in [5.74, 6) is -2.75. The van der Waals surface area contributed by atoms with Crippen LogP contribution in [-0.4, -0.2) is 82.4 Å². The highest BCUT2D eigenvalue weighted by Gasteiger charge is 2.29. The van der Waals surface area contributed by atoms with Crippen LogP contribution >= 0.6 is 11.6 Å². The molecule has 240 valence electrons. The van der Waals surface area contributed by atoms with Gasteiger partial charge in [0.25, 0.3) is 0 Å². The number of amides is 3. The third-order valence-corrected chi connectivity index (χ3v) is 8.21. The van der Waals surface area contributed by atoms with Crippen molar-refractivity contribution in [2.45, 2.75) is 52.1 Å². The standard InChI is InChI=1S/C33H40ClFN6O4/c1-4-31(43)37-28(33(45)40-15-13-39(3)14-16-40)20-23-9-10-27(26(35)19-23)38-32(44)24(17-22-7-6-8-25(34)18-22)21-30(42)29-11-12-36-41(29)5-2/h6-12,18-19,24,28H,4-5,13-17,20-21H2,1-3H3,(H,37,43)(H,38,44)/t24-,28-/m1/s1. The number of aromatic nitrogens is 2. The summed E-state index contributed by atoms with van der Waals surface area (Å²) < 4.78 is 17.0. The molecule has 0 radical (unpaired) electrons. The molecule has 0 saturated carbocycles. The normalized spacial score (nSPS) is 14.9. The number of halogens is 2. The molecule has 2 atom stereocenters. The first-order valence-electron chi connectivity index (χ1n) is 15.2. The zero-order chi connectivity index (χ0) is 32.5. The summed E-state index contributed by atoms with van der Waals surface area (Å²) in [4.78, 5) is 56.1. The molecule has 0 spiro atoms. The van der Waals surface area contributed by atoms with Crippen LogP contribution in [0.1, 0.15) is 48.3 Å². The number of rotatable bonds is 13. The first-order chi connectivity index (χ1) is 21.6. The van der Waals surface area contributed by atoms with Crippen LogP contribution in [0.5, 0.6) is 0 Å². The molecule has 3 aromatic rings.